The summed E-state index contributed by atoms with van der Waals surface area (Å²) in [7, 11) is 0. The largest absolute Gasteiger partial charge is 0.370 e. The van der Waals surface area contributed by atoms with Crippen LogP contribution in [0.25, 0.3) is 0 Å². The average Bonchev–Trinajstić information content (AvgIpc) is 2.35. The fourth-order valence-corrected chi connectivity index (χ4v) is 1.73. The number of aromatic nitrogens is 3. The van der Waals surface area contributed by atoms with Crippen molar-refractivity contribution in [1.29, 1.82) is 0 Å². The van der Waals surface area contributed by atoms with Crippen LogP contribution in [0.2, 0.25) is 5.02 Å². The van der Waals surface area contributed by atoms with Crippen LogP contribution in [0.3, 0.4) is 0 Å². The number of hydrogen-bond acceptors (Lipinski definition) is 4. The first-order chi connectivity index (χ1) is 8.69. The Labute approximate surface area is 109 Å². The van der Waals surface area contributed by atoms with Crippen LogP contribution in [0.1, 0.15) is 12.6 Å². The van der Waals surface area contributed by atoms with Gasteiger partial charge in [-0.25, -0.2) is 14.8 Å². The molecule has 0 atom stereocenters. The maximum atomic E-state index is 11.5. The third-order valence-corrected chi connectivity index (χ3v) is 2.52. The zero-order valence-corrected chi connectivity index (χ0v) is 10.7. The smallest absolute Gasteiger partial charge is 0.347 e. The van der Waals surface area contributed by atoms with Crippen molar-refractivity contribution in [1.82, 2.24) is 14.5 Å². The maximum absolute atomic E-state index is 11.5. The summed E-state index contributed by atoms with van der Waals surface area (Å²) in [6, 6.07) is 5.63. The highest BCUT2D eigenvalue weighted by Crippen LogP contribution is 2.07. The zero-order chi connectivity index (χ0) is 13.0. The molecule has 0 saturated carbocycles. The van der Waals surface area contributed by atoms with Crippen molar-refractivity contribution >= 4 is 17.4 Å². The van der Waals surface area contributed by atoms with E-state index in [4.69, 9.17) is 11.6 Å². The predicted octanol–water partition coefficient (Wildman–Crippen LogP) is 1.77. The van der Waals surface area contributed by atoms with E-state index in [1.165, 1.54) is 10.8 Å². The van der Waals surface area contributed by atoms with Crippen LogP contribution in [0.4, 0.5) is 5.82 Å². The van der Waals surface area contributed by atoms with E-state index in [9.17, 15) is 4.79 Å². The van der Waals surface area contributed by atoms with E-state index in [0.717, 1.165) is 18.1 Å². The van der Waals surface area contributed by atoms with Crippen molar-refractivity contribution < 1.29 is 0 Å². The monoisotopic (exact) mass is 264 g/mol. The van der Waals surface area contributed by atoms with Crippen molar-refractivity contribution in [2.45, 2.75) is 13.5 Å². The molecule has 1 N–H and O–H groups in total. The van der Waals surface area contributed by atoms with E-state index in [1.54, 1.807) is 6.20 Å². The van der Waals surface area contributed by atoms with Crippen LogP contribution in [0.15, 0.2) is 35.4 Å². The number of anilines is 1. The average molecular weight is 265 g/mol. The molecular weight excluding hydrogens is 252 g/mol. The van der Waals surface area contributed by atoms with Gasteiger partial charge in [0.1, 0.15) is 5.82 Å². The number of nitrogens with zero attached hydrogens (tertiary/aromatic N) is 3. The predicted molar refractivity (Wildman–Crippen MR) is 71.0 cm³/mol. The number of hydrogen-bond donors (Lipinski definition) is 1. The van der Waals surface area contributed by atoms with Crippen LogP contribution >= 0.6 is 11.6 Å². The second-order valence-corrected chi connectivity index (χ2v) is 4.16. The lowest BCUT2D eigenvalue weighted by Crippen LogP contribution is -2.22. The molecule has 0 saturated heterocycles. The fraction of sp³-hybridized carbons (Fsp3) is 0.250. The van der Waals surface area contributed by atoms with Crippen LogP contribution in [-0.4, -0.2) is 21.1 Å². The van der Waals surface area contributed by atoms with Gasteiger partial charge in [0, 0.05) is 12.7 Å². The van der Waals surface area contributed by atoms with E-state index in [2.05, 4.69) is 15.3 Å². The van der Waals surface area contributed by atoms with Gasteiger partial charge in [-0.3, -0.25) is 4.57 Å². The van der Waals surface area contributed by atoms with Gasteiger partial charge in [0.05, 0.1) is 23.5 Å². The Morgan fingerprint density at radius 3 is 3.06 bits per heavy atom. The molecule has 0 aromatic carbocycles. The Balaban J connectivity index is 2.25. The Bertz CT molecular complexity index is 597. The van der Waals surface area contributed by atoms with E-state index in [1.807, 2.05) is 25.1 Å². The second kappa shape index (κ2) is 5.64. The molecule has 2 aromatic heterocycles. The summed E-state index contributed by atoms with van der Waals surface area (Å²) in [4.78, 5) is 19.6. The van der Waals surface area contributed by atoms with Crippen molar-refractivity contribution in [2.75, 3.05) is 11.9 Å². The number of halogens is 1. The summed E-state index contributed by atoms with van der Waals surface area (Å²) in [5.74, 6) is 0.790. The lowest BCUT2D eigenvalue weighted by molar-refractivity contribution is 0.711. The molecule has 2 rings (SSSR count). The van der Waals surface area contributed by atoms with Gasteiger partial charge in [-0.05, 0) is 19.1 Å². The Morgan fingerprint density at radius 1 is 1.44 bits per heavy atom. The summed E-state index contributed by atoms with van der Waals surface area (Å²) >= 11 is 5.81. The molecular formula is C12H13ClN4O. The molecule has 2 heterocycles. The molecule has 5 nitrogen and oxygen atoms in total. The van der Waals surface area contributed by atoms with E-state index < -0.39 is 0 Å². The molecule has 18 heavy (non-hydrogen) atoms. The summed E-state index contributed by atoms with van der Waals surface area (Å²) in [5, 5.41) is 3.55. The van der Waals surface area contributed by atoms with Gasteiger partial charge >= 0.3 is 5.69 Å². The van der Waals surface area contributed by atoms with Crippen LogP contribution < -0.4 is 11.0 Å². The molecule has 0 amide bonds. The first-order valence-corrected chi connectivity index (χ1v) is 5.98. The summed E-state index contributed by atoms with van der Waals surface area (Å²) in [5.41, 5.74) is 0.440. The van der Waals surface area contributed by atoms with Crippen LogP contribution in [0.5, 0.6) is 0 Å². The fourth-order valence-electron chi connectivity index (χ4n) is 1.56. The van der Waals surface area contributed by atoms with Crippen molar-refractivity contribution in [2.24, 2.45) is 0 Å². The lowest BCUT2D eigenvalue weighted by atomic mass is 10.3. The Morgan fingerprint density at radius 2 is 2.28 bits per heavy atom. The molecule has 0 aliphatic carbocycles. The Hall–Kier alpha value is -1.88. The standard InChI is InChI=1S/C12H13ClN4O/c1-2-14-11-5-3-4-10(16-11)8-17-7-9(13)6-15-12(17)18/h3-7H,2,8H2,1H3,(H,14,16). The van der Waals surface area contributed by atoms with Crippen LogP contribution in [-0.2, 0) is 6.54 Å². The van der Waals surface area contributed by atoms with Gasteiger partial charge in [-0.15, -0.1) is 0 Å². The minimum Gasteiger partial charge on any atom is -0.370 e. The third-order valence-electron chi connectivity index (χ3n) is 2.32. The lowest BCUT2D eigenvalue weighted by Gasteiger charge is -2.07. The number of nitrogens with one attached hydrogen (secondary N) is 1. The van der Waals surface area contributed by atoms with Gasteiger partial charge in [0.15, 0.2) is 0 Å². The quantitative estimate of drug-likeness (QED) is 0.914. The summed E-state index contributed by atoms with van der Waals surface area (Å²) < 4.78 is 1.43. The van der Waals surface area contributed by atoms with Gasteiger partial charge in [-0.2, -0.15) is 0 Å². The number of rotatable bonds is 4. The second-order valence-electron chi connectivity index (χ2n) is 3.73. The number of pyridine rings is 1. The maximum Gasteiger partial charge on any atom is 0.347 e. The van der Waals surface area contributed by atoms with Crippen molar-refractivity contribution in [3.8, 4) is 0 Å². The minimum atomic E-state index is -0.338. The highest BCUT2D eigenvalue weighted by atomic mass is 35.5. The van der Waals surface area contributed by atoms with E-state index in [0.29, 0.717) is 11.6 Å². The van der Waals surface area contributed by atoms with E-state index >= 15 is 0 Å². The SMILES string of the molecule is CCNc1cccc(Cn2cc(Cl)cnc2=O)n1. The zero-order valence-electron chi connectivity index (χ0n) is 9.93. The van der Waals surface area contributed by atoms with Gasteiger partial charge in [-0.1, -0.05) is 17.7 Å². The van der Waals surface area contributed by atoms with Crippen molar-refractivity contribution in [3.05, 3.63) is 51.8 Å². The first kappa shape index (κ1) is 12.6. The van der Waals surface area contributed by atoms with Crippen molar-refractivity contribution in [3.63, 3.8) is 0 Å². The Kier molecular flexibility index (Phi) is 3.94. The molecule has 0 aliphatic rings. The summed E-state index contributed by atoms with van der Waals surface area (Å²) in [6.07, 6.45) is 2.89. The van der Waals surface area contributed by atoms with Gasteiger partial charge in [0.2, 0.25) is 0 Å². The first-order valence-electron chi connectivity index (χ1n) is 5.61. The highest BCUT2D eigenvalue weighted by molar-refractivity contribution is 6.30. The molecule has 0 unspecified atom stereocenters. The highest BCUT2D eigenvalue weighted by Gasteiger charge is 2.02. The molecule has 0 radical (unpaired) electrons. The molecule has 2 aromatic rings. The minimum absolute atomic E-state index is 0.338. The van der Waals surface area contributed by atoms with Crippen LogP contribution in [0, 0.1) is 0 Å². The van der Waals surface area contributed by atoms with Gasteiger partial charge < -0.3 is 5.32 Å². The van der Waals surface area contributed by atoms with E-state index in [-0.39, 0.29) is 5.69 Å². The van der Waals surface area contributed by atoms with Gasteiger partial charge in [0.25, 0.3) is 0 Å². The molecule has 0 bridgehead atoms. The summed E-state index contributed by atoms with van der Waals surface area (Å²) in [6.45, 7) is 3.15. The molecule has 0 spiro atoms. The molecule has 0 fully saturated rings. The molecule has 94 valence electrons. The normalized spacial score (nSPS) is 10.3. The molecule has 0 aliphatic heterocycles. The topological polar surface area (TPSA) is 59.8 Å². The third kappa shape index (κ3) is 3.07. The molecule has 6 heteroatoms.